The molecule has 0 aromatic rings. The van der Waals surface area contributed by atoms with Crippen LogP contribution >= 0.6 is 0 Å². The van der Waals surface area contributed by atoms with Crippen molar-refractivity contribution in [1.82, 2.24) is 5.32 Å². The third-order valence-corrected chi connectivity index (χ3v) is 0.653. The van der Waals surface area contributed by atoms with Crippen LogP contribution in [0.25, 0.3) is 0 Å². The first-order chi connectivity index (χ1) is 3.91. The lowest BCUT2D eigenvalue weighted by Gasteiger charge is -1.86. The molecule has 0 fully saturated rings. The summed E-state index contributed by atoms with van der Waals surface area (Å²) in [4.78, 5) is 3.76. The molecule has 0 bridgehead atoms. The van der Waals surface area contributed by atoms with Crippen molar-refractivity contribution in [3.63, 3.8) is 0 Å². The van der Waals surface area contributed by atoms with Crippen molar-refractivity contribution in [2.75, 3.05) is 13.6 Å². The number of rotatable bonds is 3. The quantitative estimate of drug-likeness (QED) is 0.537. The predicted molar refractivity (Wildman–Crippen MR) is 37.2 cm³/mol. The van der Waals surface area contributed by atoms with Crippen LogP contribution in [0.4, 0.5) is 0 Å². The minimum atomic E-state index is 0.966. The lowest BCUT2D eigenvalue weighted by molar-refractivity contribution is 0.921. The van der Waals surface area contributed by atoms with Crippen LogP contribution in [0.5, 0.6) is 0 Å². The van der Waals surface area contributed by atoms with E-state index in [0.717, 1.165) is 6.54 Å². The summed E-state index contributed by atoms with van der Waals surface area (Å²) in [7, 11) is 1.75. The van der Waals surface area contributed by atoms with Crippen LogP contribution in [-0.4, -0.2) is 19.8 Å². The van der Waals surface area contributed by atoms with Gasteiger partial charge in [-0.05, 0) is 19.2 Å². The fourth-order valence-corrected chi connectivity index (χ4v) is 0.315. The van der Waals surface area contributed by atoms with Crippen molar-refractivity contribution < 1.29 is 0 Å². The summed E-state index contributed by atoms with van der Waals surface area (Å²) >= 11 is 0. The second-order valence-corrected chi connectivity index (χ2v) is 1.32. The van der Waals surface area contributed by atoms with E-state index in [9.17, 15) is 0 Å². The monoisotopic (exact) mass is 112 g/mol. The first-order valence-electron chi connectivity index (χ1n) is 2.72. The maximum Gasteiger partial charge on any atom is 0.0277 e. The minimum Gasteiger partial charge on any atom is -0.391 e. The molecule has 8 heavy (non-hydrogen) atoms. The molecule has 0 aliphatic carbocycles. The van der Waals surface area contributed by atoms with Crippen LogP contribution in [0.1, 0.15) is 6.92 Å². The second-order valence-electron chi connectivity index (χ2n) is 1.32. The summed E-state index contributed by atoms with van der Waals surface area (Å²) in [5.74, 6) is 0. The zero-order valence-electron chi connectivity index (χ0n) is 5.39. The zero-order chi connectivity index (χ0) is 6.24. The Kier molecular flexibility index (Phi) is 5.60. The minimum absolute atomic E-state index is 0.966. The molecule has 0 amide bonds. The molecule has 0 heterocycles. The summed E-state index contributed by atoms with van der Waals surface area (Å²) in [6, 6.07) is 0. The van der Waals surface area contributed by atoms with E-state index < -0.39 is 0 Å². The van der Waals surface area contributed by atoms with Crippen molar-refractivity contribution in [3.8, 4) is 0 Å². The topological polar surface area (TPSA) is 24.4 Å². The Morgan fingerprint density at radius 1 is 1.62 bits per heavy atom. The van der Waals surface area contributed by atoms with Crippen molar-refractivity contribution in [3.05, 3.63) is 12.3 Å². The van der Waals surface area contributed by atoms with E-state index >= 15 is 0 Å². The Bertz CT molecular complexity index is 84.5. The van der Waals surface area contributed by atoms with Gasteiger partial charge in [0.05, 0.1) is 0 Å². The molecule has 0 rings (SSSR count). The lowest BCUT2D eigenvalue weighted by Crippen LogP contribution is -2.01. The van der Waals surface area contributed by atoms with Gasteiger partial charge in [-0.1, -0.05) is 0 Å². The van der Waals surface area contributed by atoms with Crippen LogP contribution < -0.4 is 5.32 Å². The van der Waals surface area contributed by atoms with E-state index in [2.05, 4.69) is 10.3 Å². The summed E-state index contributed by atoms with van der Waals surface area (Å²) in [6.07, 6.45) is 5.47. The largest absolute Gasteiger partial charge is 0.391 e. The number of nitrogens with one attached hydrogen (secondary N) is 1. The fourth-order valence-electron chi connectivity index (χ4n) is 0.315. The highest BCUT2D eigenvalue weighted by Gasteiger charge is 1.62. The van der Waals surface area contributed by atoms with Gasteiger partial charge in [-0.3, -0.25) is 4.99 Å². The Morgan fingerprint density at radius 2 is 2.38 bits per heavy atom. The highest BCUT2D eigenvalue weighted by molar-refractivity contribution is 5.70. The first kappa shape index (κ1) is 7.21. The molecule has 1 N–H and O–H groups in total. The molecule has 0 unspecified atom stereocenters. The van der Waals surface area contributed by atoms with Gasteiger partial charge >= 0.3 is 0 Å². The smallest absolute Gasteiger partial charge is 0.0277 e. The van der Waals surface area contributed by atoms with Crippen molar-refractivity contribution >= 4 is 6.21 Å². The standard InChI is InChI=1S/C6H12N2/c1-3-8-6-4-5-7-2/h4-6,8H,3H2,1-2H3/b6-4-,7-5?. The van der Waals surface area contributed by atoms with Gasteiger partial charge in [0.2, 0.25) is 0 Å². The SMILES string of the molecule is CCN/C=C\C=NC. The molecule has 0 aromatic carbocycles. The molecule has 0 saturated heterocycles. The van der Waals surface area contributed by atoms with Gasteiger partial charge in [-0.2, -0.15) is 0 Å². The highest BCUT2D eigenvalue weighted by Crippen LogP contribution is 1.61. The predicted octanol–water partition coefficient (Wildman–Crippen LogP) is 0.810. The van der Waals surface area contributed by atoms with Crippen molar-refractivity contribution in [1.29, 1.82) is 0 Å². The van der Waals surface area contributed by atoms with E-state index in [0.29, 0.717) is 0 Å². The third-order valence-electron chi connectivity index (χ3n) is 0.653. The molecular formula is C6H12N2. The van der Waals surface area contributed by atoms with Crippen LogP contribution in [0.15, 0.2) is 17.3 Å². The van der Waals surface area contributed by atoms with E-state index in [4.69, 9.17) is 0 Å². The van der Waals surface area contributed by atoms with Crippen molar-refractivity contribution in [2.45, 2.75) is 6.92 Å². The highest BCUT2D eigenvalue weighted by atomic mass is 14.8. The Labute approximate surface area is 50.3 Å². The molecular weight excluding hydrogens is 100 g/mol. The summed E-state index contributed by atoms with van der Waals surface area (Å²) in [5.41, 5.74) is 0. The maximum absolute atomic E-state index is 3.76. The molecule has 46 valence electrons. The van der Waals surface area contributed by atoms with Crippen molar-refractivity contribution in [2.24, 2.45) is 4.99 Å². The summed E-state index contributed by atoms with van der Waals surface area (Å²) in [6.45, 7) is 3.02. The van der Waals surface area contributed by atoms with Crippen LogP contribution in [0, 0.1) is 0 Å². The molecule has 0 saturated carbocycles. The van der Waals surface area contributed by atoms with E-state index in [1.807, 2.05) is 19.2 Å². The Morgan fingerprint density at radius 3 is 2.88 bits per heavy atom. The Balaban J connectivity index is 3.07. The number of allylic oxidation sites excluding steroid dienone is 1. The molecule has 0 radical (unpaired) electrons. The maximum atomic E-state index is 3.76. The number of nitrogens with zero attached hydrogens (tertiary/aromatic N) is 1. The number of hydrogen-bond acceptors (Lipinski definition) is 2. The van der Waals surface area contributed by atoms with Crippen LogP contribution in [0.2, 0.25) is 0 Å². The second kappa shape index (κ2) is 6.21. The van der Waals surface area contributed by atoms with Crippen LogP contribution in [0.3, 0.4) is 0 Å². The lowest BCUT2D eigenvalue weighted by atomic mass is 10.6. The van der Waals surface area contributed by atoms with E-state index in [1.165, 1.54) is 0 Å². The van der Waals surface area contributed by atoms with E-state index in [1.54, 1.807) is 13.3 Å². The van der Waals surface area contributed by atoms with Crippen LogP contribution in [-0.2, 0) is 0 Å². The summed E-state index contributed by atoms with van der Waals surface area (Å²) < 4.78 is 0. The third kappa shape index (κ3) is 5.21. The van der Waals surface area contributed by atoms with Gasteiger partial charge in [0.1, 0.15) is 0 Å². The van der Waals surface area contributed by atoms with Gasteiger partial charge in [-0.25, -0.2) is 0 Å². The number of hydrogen-bond donors (Lipinski definition) is 1. The van der Waals surface area contributed by atoms with Gasteiger partial charge in [0, 0.05) is 19.8 Å². The average molecular weight is 112 g/mol. The molecule has 0 aliphatic heterocycles. The van der Waals surface area contributed by atoms with Gasteiger partial charge in [0.25, 0.3) is 0 Å². The molecule has 0 aliphatic rings. The molecule has 0 spiro atoms. The normalized spacial score (nSPS) is 11.2. The van der Waals surface area contributed by atoms with Gasteiger partial charge < -0.3 is 5.32 Å². The molecule has 2 heteroatoms. The van der Waals surface area contributed by atoms with E-state index in [-0.39, 0.29) is 0 Å². The Hall–Kier alpha value is -0.790. The molecule has 2 nitrogen and oxygen atoms in total. The average Bonchev–Trinajstić information content (AvgIpc) is 1.81. The van der Waals surface area contributed by atoms with Gasteiger partial charge in [-0.15, -0.1) is 0 Å². The fraction of sp³-hybridized carbons (Fsp3) is 0.500. The summed E-state index contributed by atoms with van der Waals surface area (Å²) in [5, 5.41) is 3.01. The zero-order valence-corrected chi connectivity index (χ0v) is 5.39. The molecule has 0 atom stereocenters. The first-order valence-corrected chi connectivity index (χ1v) is 2.72. The molecule has 0 aromatic heterocycles. The van der Waals surface area contributed by atoms with Gasteiger partial charge in [0.15, 0.2) is 0 Å². The number of aliphatic imine (C=N–C) groups is 1.